The molecular weight excluding hydrogens is 201 g/mol. The van der Waals surface area contributed by atoms with Gasteiger partial charge in [0, 0.05) is 17.9 Å². The van der Waals surface area contributed by atoms with E-state index in [1.54, 1.807) is 0 Å². The van der Waals surface area contributed by atoms with Crippen LogP contribution in [0.1, 0.15) is 18.1 Å². The maximum atomic E-state index is 12.9. The standard InChI is InChI=1S/C10H14FNO3/c11-6-1-2-8(12)7(5-6)10(15)9(14)3-4-13/h1-2,5,9-10,13-15H,3-4,12H2. The molecule has 0 spiro atoms. The second kappa shape index (κ2) is 5.06. The Balaban J connectivity index is 2.89. The summed E-state index contributed by atoms with van der Waals surface area (Å²) >= 11 is 0. The highest BCUT2D eigenvalue weighted by Crippen LogP contribution is 2.25. The van der Waals surface area contributed by atoms with Crippen molar-refractivity contribution in [3.63, 3.8) is 0 Å². The molecule has 4 nitrogen and oxygen atoms in total. The van der Waals surface area contributed by atoms with Crippen molar-refractivity contribution >= 4 is 5.69 Å². The van der Waals surface area contributed by atoms with Crippen molar-refractivity contribution in [2.45, 2.75) is 18.6 Å². The van der Waals surface area contributed by atoms with Crippen LogP contribution in [0.15, 0.2) is 18.2 Å². The highest BCUT2D eigenvalue weighted by atomic mass is 19.1. The van der Waals surface area contributed by atoms with Crippen molar-refractivity contribution in [3.8, 4) is 0 Å². The number of aliphatic hydroxyl groups excluding tert-OH is 3. The number of aliphatic hydroxyl groups is 3. The summed E-state index contributed by atoms with van der Waals surface area (Å²) in [6.45, 7) is -0.257. The third kappa shape index (κ3) is 2.89. The fourth-order valence-electron chi connectivity index (χ4n) is 1.30. The normalized spacial score (nSPS) is 14.9. The van der Waals surface area contributed by atoms with Crippen LogP contribution in [0, 0.1) is 5.82 Å². The van der Waals surface area contributed by atoms with Gasteiger partial charge in [-0.1, -0.05) is 0 Å². The Morgan fingerprint density at radius 3 is 2.60 bits per heavy atom. The number of benzene rings is 1. The van der Waals surface area contributed by atoms with Crippen LogP contribution in [0.3, 0.4) is 0 Å². The Morgan fingerprint density at radius 2 is 2.00 bits per heavy atom. The van der Waals surface area contributed by atoms with Gasteiger partial charge in [-0.15, -0.1) is 0 Å². The van der Waals surface area contributed by atoms with Gasteiger partial charge in [-0.25, -0.2) is 4.39 Å². The van der Waals surface area contributed by atoms with Gasteiger partial charge in [0.15, 0.2) is 0 Å². The molecule has 15 heavy (non-hydrogen) atoms. The topological polar surface area (TPSA) is 86.7 Å². The quantitative estimate of drug-likeness (QED) is 0.540. The Morgan fingerprint density at radius 1 is 1.33 bits per heavy atom. The number of anilines is 1. The summed E-state index contributed by atoms with van der Waals surface area (Å²) in [6, 6.07) is 3.56. The molecule has 0 amide bonds. The molecule has 0 saturated heterocycles. The second-order valence-electron chi connectivity index (χ2n) is 3.30. The summed E-state index contributed by atoms with van der Waals surface area (Å²) in [4.78, 5) is 0. The average molecular weight is 215 g/mol. The first kappa shape index (κ1) is 11.9. The van der Waals surface area contributed by atoms with E-state index in [4.69, 9.17) is 10.8 Å². The second-order valence-corrected chi connectivity index (χ2v) is 3.30. The first-order valence-corrected chi connectivity index (χ1v) is 4.58. The average Bonchev–Trinajstić information content (AvgIpc) is 2.21. The van der Waals surface area contributed by atoms with E-state index >= 15 is 0 Å². The fourth-order valence-corrected chi connectivity index (χ4v) is 1.30. The van der Waals surface area contributed by atoms with Crippen molar-refractivity contribution in [2.24, 2.45) is 0 Å². The molecule has 2 unspecified atom stereocenters. The van der Waals surface area contributed by atoms with E-state index in [1.165, 1.54) is 12.1 Å². The van der Waals surface area contributed by atoms with Crippen molar-refractivity contribution < 1.29 is 19.7 Å². The largest absolute Gasteiger partial charge is 0.398 e. The van der Waals surface area contributed by atoms with E-state index in [1.807, 2.05) is 0 Å². The summed E-state index contributed by atoms with van der Waals surface area (Å²) in [5, 5.41) is 27.6. The lowest BCUT2D eigenvalue weighted by molar-refractivity contribution is 0.00447. The number of rotatable bonds is 4. The van der Waals surface area contributed by atoms with Gasteiger partial charge in [-0.2, -0.15) is 0 Å². The number of nitrogens with two attached hydrogens (primary N) is 1. The van der Waals surface area contributed by atoms with Gasteiger partial charge >= 0.3 is 0 Å². The third-order valence-electron chi connectivity index (χ3n) is 2.16. The van der Waals surface area contributed by atoms with Crippen molar-refractivity contribution in [2.75, 3.05) is 12.3 Å². The minimum Gasteiger partial charge on any atom is -0.398 e. The summed E-state index contributed by atoms with van der Waals surface area (Å²) in [7, 11) is 0. The van der Waals surface area contributed by atoms with Crippen LogP contribution in [-0.4, -0.2) is 28.0 Å². The van der Waals surface area contributed by atoms with Crippen molar-refractivity contribution in [1.82, 2.24) is 0 Å². The van der Waals surface area contributed by atoms with Crippen molar-refractivity contribution in [3.05, 3.63) is 29.6 Å². The summed E-state index contributed by atoms with van der Waals surface area (Å²) < 4.78 is 12.9. The molecule has 0 fully saturated rings. The fraction of sp³-hybridized carbons (Fsp3) is 0.400. The summed E-state index contributed by atoms with van der Waals surface area (Å²) in [5.41, 5.74) is 5.87. The highest BCUT2D eigenvalue weighted by Gasteiger charge is 2.20. The SMILES string of the molecule is Nc1ccc(F)cc1C(O)C(O)CCO. The number of nitrogen functional groups attached to an aromatic ring is 1. The molecule has 1 aromatic carbocycles. The molecule has 1 aromatic rings. The van der Waals surface area contributed by atoms with Crippen LogP contribution in [0.5, 0.6) is 0 Å². The zero-order valence-corrected chi connectivity index (χ0v) is 8.10. The van der Waals surface area contributed by atoms with Gasteiger partial charge < -0.3 is 21.1 Å². The molecule has 0 aliphatic rings. The molecule has 0 saturated carbocycles. The van der Waals surface area contributed by atoms with E-state index < -0.39 is 18.0 Å². The van der Waals surface area contributed by atoms with E-state index in [9.17, 15) is 14.6 Å². The van der Waals surface area contributed by atoms with E-state index in [0.29, 0.717) is 0 Å². The molecule has 0 radical (unpaired) electrons. The van der Waals surface area contributed by atoms with E-state index in [0.717, 1.165) is 6.07 Å². The number of hydrogen-bond donors (Lipinski definition) is 4. The van der Waals surface area contributed by atoms with Crippen molar-refractivity contribution in [1.29, 1.82) is 0 Å². The molecule has 5 heteroatoms. The van der Waals surface area contributed by atoms with Gasteiger partial charge in [-0.05, 0) is 24.6 Å². The van der Waals surface area contributed by atoms with Crippen LogP contribution in [0.2, 0.25) is 0 Å². The maximum Gasteiger partial charge on any atom is 0.123 e. The maximum absolute atomic E-state index is 12.9. The molecule has 0 aliphatic carbocycles. The monoisotopic (exact) mass is 215 g/mol. The van der Waals surface area contributed by atoms with Gasteiger partial charge in [-0.3, -0.25) is 0 Å². The molecule has 0 bridgehead atoms. The van der Waals surface area contributed by atoms with Crippen LogP contribution in [-0.2, 0) is 0 Å². The Labute approximate surface area is 86.8 Å². The molecule has 1 rings (SSSR count). The zero-order chi connectivity index (χ0) is 11.4. The smallest absolute Gasteiger partial charge is 0.123 e. The van der Waals surface area contributed by atoms with Gasteiger partial charge in [0.1, 0.15) is 11.9 Å². The van der Waals surface area contributed by atoms with Crippen LogP contribution >= 0.6 is 0 Å². The van der Waals surface area contributed by atoms with Gasteiger partial charge in [0.05, 0.1) is 6.10 Å². The Hall–Kier alpha value is -1.17. The Kier molecular flexibility index (Phi) is 4.02. The lowest BCUT2D eigenvalue weighted by atomic mass is 10.0. The highest BCUT2D eigenvalue weighted by molar-refractivity contribution is 5.48. The third-order valence-corrected chi connectivity index (χ3v) is 2.16. The van der Waals surface area contributed by atoms with Crippen LogP contribution < -0.4 is 5.73 Å². The minimum absolute atomic E-state index is 0.0110. The number of hydrogen-bond acceptors (Lipinski definition) is 4. The summed E-state index contributed by atoms with van der Waals surface area (Å²) in [5.74, 6) is -0.533. The lowest BCUT2D eigenvalue weighted by Crippen LogP contribution is -2.20. The zero-order valence-electron chi connectivity index (χ0n) is 8.10. The van der Waals surface area contributed by atoms with Gasteiger partial charge in [0.2, 0.25) is 0 Å². The lowest BCUT2D eigenvalue weighted by Gasteiger charge is -2.18. The molecule has 84 valence electrons. The minimum atomic E-state index is -1.28. The first-order valence-electron chi connectivity index (χ1n) is 4.58. The predicted molar refractivity (Wildman–Crippen MR) is 53.5 cm³/mol. The number of halogens is 1. The first-order chi connectivity index (χ1) is 7.06. The molecule has 0 aliphatic heterocycles. The molecule has 5 N–H and O–H groups in total. The molecular formula is C10H14FNO3. The molecule has 2 atom stereocenters. The molecule has 0 heterocycles. The molecule has 0 aromatic heterocycles. The van der Waals surface area contributed by atoms with Crippen LogP contribution in [0.25, 0.3) is 0 Å². The van der Waals surface area contributed by atoms with E-state index in [-0.39, 0.29) is 24.3 Å². The van der Waals surface area contributed by atoms with Crippen LogP contribution in [0.4, 0.5) is 10.1 Å². The predicted octanol–water partition coefficient (Wildman–Crippen LogP) is 0.185. The Bertz CT molecular complexity index is 332. The van der Waals surface area contributed by atoms with E-state index in [2.05, 4.69) is 0 Å². The van der Waals surface area contributed by atoms with Gasteiger partial charge in [0.25, 0.3) is 0 Å². The summed E-state index contributed by atoms with van der Waals surface area (Å²) in [6.07, 6.45) is -2.43.